The van der Waals surface area contributed by atoms with Crippen molar-refractivity contribution in [1.29, 1.82) is 0 Å². The molecular weight excluding hydrogens is 412 g/mol. The third-order valence-corrected chi connectivity index (χ3v) is 9.42. The predicted octanol–water partition coefficient (Wildman–Crippen LogP) is 9.38. The van der Waals surface area contributed by atoms with E-state index in [0.717, 1.165) is 12.8 Å². The summed E-state index contributed by atoms with van der Waals surface area (Å²) in [4.78, 5) is 4.14. The molecule has 31 heavy (non-hydrogen) atoms. The Labute approximate surface area is 191 Å². The molecule has 6 rings (SSSR count). The fourth-order valence-corrected chi connectivity index (χ4v) is 7.65. The van der Waals surface area contributed by atoms with Gasteiger partial charge in [0.25, 0.3) is 0 Å². The molecule has 0 fully saturated rings. The van der Waals surface area contributed by atoms with E-state index in [4.69, 9.17) is 0 Å². The van der Waals surface area contributed by atoms with Gasteiger partial charge in [-0.25, -0.2) is 0 Å². The Bertz CT molecular complexity index is 1400. The SMILES string of the molecule is CCC1(CC)c2ccccc2-c2ccc(-c3sc(-c4cccs4)c4ccccc34)cc21. The van der Waals surface area contributed by atoms with Crippen LogP contribution in [0.15, 0.2) is 84.2 Å². The first kappa shape index (κ1) is 19.0. The molecule has 2 aromatic heterocycles. The average molecular weight is 437 g/mol. The third kappa shape index (κ3) is 2.65. The second-order valence-corrected chi connectivity index (χ2v) is 10.3. The van der Waals surface area contributed by atoms with Crippen molar-refractivity contribution in [3.05, 3.63) is 95.4 Å². The highest BCUT2D eigenvalue weighted by molar-refractivity contribution is 7.25. The van der Waals surface area contributed by atoms with E-state index >= 15 is 0 Å². The summed E-state index contributed by atoms with van der Waals surface area (Å²) >= 11 is 3.77. The van der Waals surface area contributed by atoms with Gasteiger partial charge in [-0.3, -0.25) is 0 Å². The van der Waals surface area contributed by atoms with Crippen molar-refractivity contribution in [2.24, 2.45) is 0 Å². The Balaban J connectivity index is 1.60. The van der Waals surface area contributed by atoms with Gasteiger partial charge < -0.3 is 0 Å². The summed E-state index contributed by atoms with van der Waals surface area (Å²) < 4.78 is 0. The van der Waals surface area contributed by atoms with Gasteiger partial charge in [0.2, 0.25) is 0 Å². The van der Waals surface area contributed by atoms with Gasteiger partial charge in [0.15, 0.2) is 0 Å². The zero-order valence-corrected chi connectivity index (χ0v) is 19.4. The molecule has 1 aliphatic carbocycles. The summed E-state index contributed by atoms with van der Waals surface area (Å²) in [6.45, 7) is 4.69. The maximum absolute atomic E-state index is 2.50. The topological polar surface area (TPSA) is 0 Å². The molecule has 3 aromatic carbocycles. The van der Waals surface area contributed by atoms with E-state index in [9.17, 15) is 0 Å². The van der Waals surface area contributed by atoms with Crippen LogP contribution in [0, 0.1) is 0 Å². The molecule has 0 radical (unpaired) electrons. The molecular formula is C29H24S2. The minimum Gasteiger partial charge on any atom is -0.143 e. The van der Waals surface area contributed by atoms with Gasteiger partial charge in [0, 0.05) is 25.9 Å². The quantitative estimate of drug-likeness (QED) is 0.263. The Morgan fingerprint density at radius 1 is 0.677 bits per heavy atom. The summed E-state index contributed by atoms with van der Waals surface area (Å²) in [5, 5.41) is 4.91. The summed E-state index contributed by atoms with van der Waals surface area (Å²) in [6.07, 6.45) is 2.26. The third-order valence-electron chi connectivity index (χ3n) is 7.10. The number of thiophene rings is 2. The van der Waals surface area contributed by atoms with E-state index in [1.807, 2.05) is 22.7 Å². The Kier molecular flexibility index (Phi) is 4.41. The normalized spacial score (nSPS) is 14.0. The molecule has 0 N–H and O–H groups in total. The van der Waals surface area contributed by atoms with Crippen molar-refractivity contribution in [3.63, 3.8) is 0 Å². The van der Waals surface area contributed by atoms with E-state index < -0.39 is 0 Å². The smallest absolute Gasteiger partial charge is 0.0527 e. The molecule has 1 aliphatic rings. The minimum atomic E-state index is 0.117. The molecule has 0 amide bonds. The minimum absolute atomic E-state index is 0.117. The maximum atomic E-state index is 2.50. The van der Waals surface area contributed by atoms with Crippen molar-refractivity contribution in [3.8, 4) is 31.3 Å². The molecule has 0 atom stereocenters. The van der Waals surface area contributed by atoms with Crippen LogP contribution in [0.25, 0.3) is 42.1 Å². The number of rotatable bonds is 4. The molecule has 0 unspecified atom stereocenters. The van der Waals surface area contributed by atoms with E-state index in [-0.39, 0.29) is 5.41 Å². The van der Waals surface area contributed by atoms with Gasteiger partial charge in [0.1, 0.15) is 0 Å². The van der Waals surface area contributed by atoms with Crippen molar-refractivity contribution < 1.29 is 0 Å². The standard InChI is InChI=1S/C29H24S2/c1-3-29(4-2)24-13-8-7-10-20(24)21-16-15-19(18-25(21)29)27-22-11-5-6-12-23(22)28(31-27)26-14-9-17-30-26/h5-18H,3-4H2,1-2H3. The van der Waals surface area contributed by atoms with Gasteiger partial charge in [0.05, 0.1) is 4.88 Å². The number of benzene rings is 3. The first-order chi connectivity index (χ1) is 15.3. The first-order valence-corrected chi connectivity index (χ1v) is 12.8. The molecule has 0 nitrogen and oxygen atoms in total. The fraction of sp³-hybridized carbons (Fsp3) is 0.172. The van der Waals surface area contributed by atoms with Crippen molar-refractivity contribution in [2.75, 3.05) is 0 Å². The number of hydrogen-bond donors (Lipinski definition) is 0. The Morgan fingerprint density at radius 2 is 1.39 bits per heavy atom. The number of fused-ring (bicyclic) bond motifs is 4. The van der Waals surface area contributed by atoms with Crippen LogP contribution < -0.4 is 0 Å². The second kappa shape index (κ2) is 7.19. The van der Waals surface area contributed by atoms with Crippen LogP contribution in [0.1, 0.15) is 37.8 Å². The molecule has 2 heterocycles. The lowest BCUT2D eigenvalue weighted by Gasteiger charge is -2.29. The molecule has 0 bridgehead atoms. The van der Waals surface area contributed by atoms with Crippen LogP contribution in [0.2, 0.25) is 0 Å². The lowest BCUT2D eigenvalue weighted by atomic mass is 9.73. The highest BCUT2D eigenvalue weighted by atomic mass is 32.1. The summed E-state index contributed by atoms with van der Waals surface area (Å²) in [7, 11) is 0. The van der Waals surface area contributed by atoms with Crippen LogP contribution in [0.5, 0.6) is 0 Å². The van der Waals surface area contributed by atoms with Gasteiger partial charge in [-0.15, -0.1) is 22.7 Å². The number of hydrogen-bond acceptors (Lipinski definition) is 2. The van der Waals surface area contributed by atoms with Crippen LogP contribution in [-0.2, 0) is 5.41 Å². The van der Waals surface area contributed by atoms with Crippen molar-refractivity contribution in [2.45, 2.75) is 32.1 Å². The lowest BCUT2D eigenvalue weighted by Crippen LogP contribution is -2.23. The zero-order valence-electron chi connectivity index (χ0n) is 17.8. The lowest BCUT2D eigenvalue weighted by molar-refractivity contribution is 0.490. The highest BCUT2D eigenvalue weighted by Gasteiger charge is 2.40. The zero-order chi connectivity index (χ0) is 21.0. The molecule has 2 heteroatoms. The molecule has 0 spiro atoms. The summed E-state index contributed by atoms with van der Waals surface area (Å²) in [5.41, 5.74) is 7.31. The molecule has 152 valence electrons. The van der Waals surface area contributed by atoms with Crippen LogP contribution in [-0.4, -0.2) is 0 Å². The van der Waals surface area contributed by atoms with Crippen LogP contribution >= 0.6 is 22.7 Å². The largest absolute Gasteiger partial charge is 0.143 e. The summed E-state index contributed by atoms with van der Waals surface area (Å²) in [6, 6.07) is 29.5. The maximum Gasteiger partial charge on any atom is 0.0527 e. The first-order valence-electron chi connectivity index (χ1n) is 11.1. The second-order valence-electron chi connectivity index (χ2n) is 8.38. The van der Waals surface area contributed by atoms with Gasteiger partial charge in [-0.05, 0) is 58.2 Å². The molecule has 0 aliphatic heterocycles. The molecule has 0 saturated heterocycles. The van der Waals surface area contributed by atoms with Crippen LogP contribution in [0.3, 0.4) is 0 Å². The van der Waals surface area contributed by atoms with Crippen molar-refractivity contribution >= 4 is 33.4 Å². The fourth-order valence-electron chi connectivity index (χ4n) is 5.50. The molecule has 0 saturated carbocycles. The monoisotopic (exact) mass is 436 g/mol. The van der Waals surface area contributed by atoms with E-state index in [0.29, 0.717) is 0 Å². The Morgan fingerprint density at radius 3 is 2.13 bits per heavy atom. The van der Waals surface area contributed by atoms with E-state index in [1.165, 1.54) is 53.2 Å². The predicted molar refractivity (Wildman–Crippen MR) is 137 cm³/mol. The summed E-state index contributed by atoms with van der Waals surface area (Å²) in [5.74, 6) is 0. The Hall–Kier alpha value is -2.68. The van der Waals surface area contributed by atoms with E-state index in [2.05, 4.69) is 98.1 Å². The highest BCUT2D eigenvalue weighted by Crippen LogP contribution is 2.54. The van der Waals surface area contributed by atoms with Crippen molar-refractivity contribution in [1.82, 2.24) is 0 Å². The van der Waals surface area contributed by atoms with Gasteiger partial charge in [-0.1, -0.05) is 80.6 Å². The van der Waals surface area contributed by atoms with Crippen LogP contribution in [0.4, 0.5) is 0 Å². The van der Waals surface area contributed by atoms with Gasteiger partial charge >= 0.3 is 0 Å². The van der Waals surface area contributed by atoms with Gasteiger partial charge in [-0.2, -0.15) is 0 Å². The average Bonchev–Trinajstić information content (AvgIpc) is 3.54. The van der Waals surface area contributed by atoms with E-state index in [1.54, 1.807) is 0 Å². The molecule has 5 aromatic rings.